The van der Waals surface area contributed by atoms with Gasteiger partial charge in [0, 0.05) is 17.1 Å². The van der Waals surface area contributed by atoms with E-state index in [0.29, 0.717) is 28.9 Å². The fraction of sp³-hybridized carbons (Fsp3) is 0.379. The second-order valence-corrected chi connectivity index (χ2v) is 11.2. The molecule has 1 amide bonds. The third-order valence-electron chi connectivity index (χ3n) is 7.37. The van der Waals surface area contributed by atoms with Gasteiger partial charge in [0.05, 0.1) is 29.3 Å². The van der Waals surface area contributed by atoms with E-state index in [1.54, 1.807) is 23.2 Å². The Morgan fingerprint density at radius 2 is 1.81 bits per heavy atom. The van der Waals surface area contributed by atoms with Crippen LogP contribution in [0.25, 0.3) is 21.7 Å². The summed E-state index contributed by atoms with van der Waals surface area (Å²) in [4.78, 5) is 36.8. The molecule has 0 aliphatic heterocycles. The van der Waals surface area contributed by atoms with Crippen molar-refractivity contribution < 1.29 is 9.90 Å². The van der Waals surface area contributed by atoms with Crippen LogP contribution in [0.2, 0.25) is 5.15 Å². The summed E-state index contributed by atoms with van der Waals surface area (Å²) in [6, 6.07) is 13.0. The van der Waals surface area contributed by atoms with Crippen molar-refractivity contribution in [3.63, 3.8) is 0 Å². The zero-order chi connectivity index (χ0) is 26.3. The van der Waals surface area contributed by atoms with Crippen molar-refractivity contribution in [2.75, 3.05) is 0 Å². The van der Waals surface area contributed by atoms with E-state index in [-0.39, 0.29) is 17.6 Å². The summed E-state index contributed by atoms with van der Waals surface area (Å²) in [6.07, 6.45) is 6.32. The molecule has 4 aromatic rings. The largest absolute Gasteiger partial charge is 0.465 e. The Labute approximate surface area is 220 Å². The summed E-state index contributed by atoms with van der Waals surface area (Å²) in [7, 11) is 0. The Balaban J connectivity index is 1.66. The van der Waals surface area contributed by atoms with Crippen LogP contribution < -0.4 is 5.56 Å². The van der Waals surface area contributed by atoms with E-state index in [1.165, 1.54) is 4.90 Å². The average Bonchev–Trinajstić information content (AvgIpc) is 2.85. The smallest absolute Gasteiger partial charge is 0.408 e. The Morgan fingerprint density at radius 1 is 1.08 bits per heavy atom. The van der Waals surface area contributed by atoms with Crippen LogP contribution in [-0.2, 0) is 6.42 Å². The first-order valence-electron chi connectivity index (χ1n) is 12.7. The zero-order valence-corrected chi connectivity index (χ0v) is 22.1. The average molecular weight is 519 g/mol. The van der Waals surface area contributed by atoms with Crippen LogP contribution in [0.4, 0.5) is 4.79 Å². The first-order chi connectivity index (χ1) is 17.6. The molecule has 2 atom stereocenters. The molecule has 1 fully saturated rings. The fourth-order valence-corrected chi connectivity index (χ4v) is 5.92. The molecule has 2 aromatic heterocycles. The van der Waals surface area contributed by atoms with E-state index < -0.39 is 11.6 Å². The lowest BCUT2D eigenvalue weighted by molar-refractivity contribution is 0.0346. The van der Waals surface area contributed by atoms with Crippen LogP contribution in [0.1, 0.15) is 63.6 Å². The summed E-state index contributed by atoms with van der Waals surface area (Å²) >= 11 is 5.98. The molecule has 0 unspecified atom stereocenters. The molecular formula is C29H31ClN4O3. The Morgan fingerprint density at radius 3 is 2.49 bits per heavy atom. The number of carboxylic acid groups (broad SMARTS) is 1. The van der Waals surface area contributed by atoms with Gasteiger partial charge in [-0.25, -0.2) is 14.8 Å². The fourth-order valence-electron chi connectivity index (χ4n) is 5.81. The number of hydrogen-bond donors (Lipinski definition) is 1. The summed E-state index contributed by atoms with van der Waals surface area (Å²) in [5.41, 5.74) is 1.94. The molecule has 5 rings (SSSR count). The van der Waals surface area contributed by atoms with Crippen molar-refractivity contribution in [1.29, 1.82) is 0 Å². The number of nitrogens with zero attached hydrogens (tertiary/aromatic N) is 4. The maximum absolute atomic E-state index is 14.0. The Hall–Kier alpha value is -3.45. The van der Waals surface area contributed by atoms with E-state index in [9.17, 15) is 14.7 Å². The van der Waals surface area contributed by atoms with Gasteiger partial charge in [-0.1, -0.05) is 54.8 Å². The van der Waals surface area contributed by atoms with Gasteiger partial charge in [-0.2, -0.15) is 0 Å². The molecular weight excluding hydrogens is 488 g/mol. The molecule has 2 heterocycles. The molecule has 2 aromatic carbocycles. The van der Waals surface area contributed by atoms with Crippen molar-refractivity contribution in [3.8, 4) is 0 Å². The van der Waals surface area contributed by atoms with Gasteiger partial charge in [0.1, 0.15) is 5.15 Å². The highest BCUT2D eigenvalue weighted by molar-refractivity contribution is 6.29. The Bertz CT molecular complexity index is 1520. The monoisotopic (exact) mass is 518 g/mol. The van der Waals surface area contributed by atoms with Crippen LogP contribution in [0.3, 0.4) is 0 Å². The zero-order valence-electron chi connectivity index (χ0n) is 21.3. The first-order valence-corrected chi connectivity index (χ1v) is 13.1. The SMILES string of the molecule is CC(C)(C)N(C(=O)O)[C@H]1CCCC[C@@H]1n1cnc2c(cc(Cc3ccc(Cl)nc3)c3ccccc32)c1=O. The second-order valence-electron chi connectivity index (χ2n) is 10.8. The third-order valence-corrected chi connectivity index (χ3v) is 7.60. The molecule has 0 saturated heterocycles. The normalized spacial score (nSPS) is 18.3. The van der Waals surface area contributed by atoms with Gasteiger partial charge in [0.25, 0.3) is 5.56 Å². The molecule has 0 radical (unpaired) electrons. The summed E-state index contributed by atoms with van der Waals surface area (Å²) < 4.78 is 1.68. The van der Waals surface area contributed by atoms with Crippen molar-refractivity contribution in [2.24, 2.45) is 0 Å². The van der Waals surface area contributed by atoms with E-state index in [2.05, 4.69) is 4.98 Å². The predicted octanol–water partition coefficient (Wildman–Crippen LogP) is 6.45. The Kier molecular flexibility index (Phi) is 6.67. The van der Waals surface area contributed by atoms with E-state index in [1.807, 2.05) is 57.2 Å². The topological polar surface area (TPSA) is 88.3 Å². The van der Waals surface area contributed by atoms with Gasteiger partial charge < -0.3 is 5.11 Å². The number of carbonyl (C=O) groups is 1. The second kappa shape index (κ2) is 9.78. The number of pyridine rings is 1. The highest BCUT2D eigenvalue weighted by Crippen LogP contribution is 2.36. The number of aromatic nitrogens is 3. The molecule has 1 saturated carbocycles. The summed E-state index contributed by atoms with van der Waals surface area (Å²) in [5.74, 6) is 0. The van der Waals surface area contributed by atoms with Crippen molar-refractivity contribution in [1.82, 2.24) is 19.4 Å². The van der Waals surface area contributed by atoms with Gasteiger partial charge in [0.2, 0.25) is 0 Å². The van der Waals surface area contributed by atoms with Gasteiger partial charge >= 0.3 is 6.09 Å². The van der Waals surface area contributed by atoms with Crippen molar-refractivity contribution in [3.05, 3.63) is 81.6 Å². The molecule has 0 bridgehead atoms. The first kappa shape index (κ1) is 25.2. The molecule has 0 spiro atoms. The molecule has 1 aliphatic carbocycles. The molecule has 37 heavy (non-hydrogen) atoms. The van der Waals surface area contributed by atoms with Gasteiger partial charge in [-0.3, -0.25) is 14.3 Å². The predicted molar refractivity (Wildman–Crippen MR) is 146 cm³/mol. The van der Waals surface area contributed by atoms with Crippen LogP contribution >= 0.6 is 11.6 Å². The highest BCUT2D eigenvalue weighted by Gasteiger charge is 2.40. The summed E-state index contributed by atoms with van der Waals surface area (Å²) in [6.45, 7) is 5.70. The number of amides is 1. The van der Waals surface area contributed by atoms with Gasteiger partial charge in [-0.05, 0) is 68.7 Å². The van der Waals surface area contributed by atoms with E-state index in [0.717, 1.165) is 41.2 Å². The third kappa shape index (κ3) is 4.80. The molecule has 192 valence electrons. The van der Waals surface area contributed by atoms with Gasteiger partial charge in [-0.15, -0.1) is 0 Å². The lowest BCUT2D eigenvalue weighted by Gasteiger charge is -2.45. The van der Waals surface area contributed by atoms with Crippen LogP contribution in [0.15, 0.2) is 59.8 Å². The molecule has 1 N–H and O–H groups in total. The number of hydrogen-bond acceptors (Lipinski definition) is 4. The minimum absolute atomic E-state index is 0.137. The minimum Gasteiger partial charge on any atom is -0.465 e. The maximum atomic E-state index is 14.0. The molecule has 8 heteroatoms. The van der Waals surface area contributed by atoms with E-state index >= 15 is 0 Å². The maximum Gasteiger partial charge on any atom is 0.408 e. The lowest BCUT2D eigenvalue weighted by Crippen LogP contribution is -2.55. The molecule has 1 aliphatic rings. The van der Waals surface area contributed by atoms with Crippen molar-refractivity contribution >= 4 is 39.4 Å². The lowest BCUT2D eigenvalue weighted by atomic mass is 9.86. The van der Waals surface area contributed by atoms with Crippen LogP contribution in [0, 0.1) is 0 Å². The molecule has 7 nitrogen and oxygen atoms in total. The van der Waals surface area contributed by atoms with Gasteiger partial charge in [0.15, 0.2) is 0 Å². The summed E-state index contributed by atoms with van der Waals surface area (Å²) in [5, 5.41) is 13.0. The number of rotatable bonds is 4. The van der Waals surface area contributed by atoms with Crippen molar-refractivity contribution in [2.45, 2.75) is 70.5 Å². The van der Waals surface area contributed by atoms with E-state index in [4.69, 9.17) is 16.6 Å². The van der Waals surface area contributed by atoms with Crippen LogP contribution in [0.5, 0.6) is 0 Å². The minimum atomic E-state index is -0.962. The number of fused-ring (bicyclic) bond motifs is 3. The standard InChI is InChI=1S/C29H31ClN4O3/c1-29(2,3)34(28(36)37)24-11-7-6-10-23(24)33-17-32-26-21-9-5-4-8-20(21)19(15-22(26)27(33)35)14-18-12-13-25(30)31-16-18/h4-5,8-9,12-13,15-17,23-24H,6-7,10-11,14H2,1-3H3,(H,36,37)/t23-,24-/m0/s1. The number of benzene rings is 2. The number of halogens is 1. The quantitative estimate of drug-likeness (QED) is 0.248. The van der Waals surface area contributed by atoms with Crippen LogP contribution in [-0.4, -0.2) is 42.2 Å². The highest BCUT2D eigenvalue weighted by atomic mass is 35.5.